The summed E-state index contributed by atoms with van der Waals surface area (Å²) in [7, 11) is 0. The third-order valence-corrected chi connectivity index (χ3v) is 3.60. The van der Waals surface area contributed by atoms with E-state index in [1.807, 2.05) is 25.3 Å². The third-order valence-electron chi connectivity index (χ3n) is 3.60. The molecule has 0 saturated heterocycles. The Labute approximate surface area is 132 Å². The molecule has 0 radical (unpaired) electrons. The molecule has 0 aliphatic rings. The smallest absolute Gasteiger partial charge is 0.260 e. The van der Waals surface area contributed by atoms with Gasteiger partial charge in [-0.3, -0.25) is 9.36 Å². The number of anilines is 1. The summed E-state index contributed by atoms with van der Waals surface area (Å²) in [4.78, 5) is 25.1. The van der Waals surface area contributed by atoms with Gasteiger partial charge in [-0.15, -0.1) is 0 Å². The van der Waals surface area contributed by atoms with Gasteiger partial charge in [-0.1, -0.05) is 5.16 Å². The fourth-order valence-corrected chi connectivity index (χ4v) is 2.29. The average molecular weight is 312 g/mol. The van der Waals surface area contributed by atoms with Crippen molar-refractivity contribution >= 4 is 11.6 Å². The van der Waals surface area contributed by atoms with Crippen LogP contribution in [0.4, 0.5) is 5.69 Å². The molecule has 0 spiro atoms. The van der Waals surface area contributed by atoms with Crippen LogP contribution in [-0.2, 0) is 0 Å². The Bertz CT molecular complexity index is 863. The molecular weight excluding hydrogens is 296 g/mol. The van der Waals surface area contributed by atoms with E-state index < -0.39 is 0 Å². The van der Waals surface area contributed by atoms with Crippen molar-refractivity contribution in [1.29, 1.82) is 0 Å². The molecule has 1 N–H and O–H groups in total. The van der Waals surface area contributed by atoms with Gasteiger partial charge in [0.2, 0.25) is 5.95 Å². The number of rotatable bonds is 3. The summed E-state index contributed by atoms with van der Waals surface area (Å²) in [5.41, 5.74) is 2.79. The molecule has 3 aromatic rings. The summed E-state index contributed by atoms with van der Waals surface area (Å²) >= 11 is 0. The summed E-state index contributed by atoms with van der Waals surface area (Å²) in [5.74, 6) is 1.47. The lowest BCUT2D eigenvalue weighted by Gasteiger charge is -2.07. The fraction of sp³-hybridized carbons (Fsp3) is 0.267. The molecule has 3 rings (SSSR count). The van der Waals surface area contributed by atoms with Crippen LogP contribution in [0.25, 0.3) is 5.95 Å². The predicted molar refractivity (Wildman–Crippen MR) is 82.6 cm³/mol. The number of aromatic nitrogens is 5. The SMILES string of the molecule is Cc1nc(C)n(-c2ncc(NC(=O)c3cnoc3C)cn2)c1C. The number of hydrogen-bond donors (Lipinski definition) is 1. The van der Waals surface area contributed by atoms with Gasteiger partial charge in [-0.05, 0) is 27.7 Å². The molecule has 0 aromatic carbocycles. The second-order valence-corrected chi connectivity index (χ2v) is 5.19. The molecule has 1 amide bonds. The van der Waals surface area contributed by atoms with Gasteiger partial charge < -0.3 is 9.84 Å². The van der Waals surface area contributed by atoms with E-state index in [1.54, 1.807) is 19.3 Å². The molecule has 0 unspecified atom stereocenters. The highest BCUT2D eigenvalue weighted by Gasteiger charge is 2.14. The van der Waals surface area contributed by atoms with E-state index in [9.17, 15) is 4.79 Å². The first-order valence-electron chi connectivity index (χ1n) is 7.05. The molecule has 23 heavy (non-hydrogen) atoms. The lowest BCUT2D eigenvalue weighted by molar-refractivity contribution is 0.102. The van der Waals surface area contributed by atoms with E-state index in [2.05, 4.69) is 25.4 Å². The Morgan fingerprint density at radius 3 is 2.35 bits per heavy atom. The van der Waals surface area contributed by atoms with Crippen LogP contribution in [0.15, 0.2) is 23.1 Å². The van der Waals surface area contributed by atoms with E-state index >= 15 is 0 Å². The van der Waals surface area contributed by atoms with Crippen LogP contribution in [0, 0.1) is 27.7 Å². The maximum absolute atomic E-state index is 12.1. The molecule has 0 atom stereocenters. The number of amides is 1. The zero-order valence-electron chi connectivity index (χ0n) is 13.3. The Morgan fingerprint density at radius 1 is 1.13 bits per heavy atom. The van der Waals surface area contributed by atoms with E-state index in [0.717, 1.165) is 17.2 Å². The van der Waals surface area contributed by atoms with E-state index in [-0.39, 0.29) is 5.91 Å². The maximum atomic E-state index is 12.1. The number of aryl methyl sites for hydroxylation is 3. The summed E-state index contributed by atoms with van der Waals surface area (Å²) in [5, 5.41) is 6.29. The number of nitrogens with one attached hydrogen (secondary N) is 1. The quantitative estimate of drug-likeness (QED) is 0.795. The van der Waals surface area contributed by atoms with Crippen LogP contribution in [0.1, 0.15) is 33.3 Å². The van der Waals surface area contributed by atoms with Crippen LogP contribution in [0.3, 0.4) is 0 Å². The van der Waals surface area contributed by atoms with Gasteiger partial charge >= 0.3 is 0 Å². The normalized spacial score (nSPS) is 10.8. The largest absolute Gasteiger partial charge is 0.361 e. The minimum atomic E-state index is -0.314. The van der Waals surface area contributed by atoms with Gasteiger partial charge in [0, 0.05) is 5.69 Å². The topological polar surface area (TPSA) is 98.7 Å². The van der Waals surface area contributed by atoms with Crippen molar-refractivity contribution in [3.05, 3.63) is 47.1 Å². The van der Waals surface area contributed by atoms with Gasteiger partial charge in [0.1, 0.15) is 17.1 Å². The van der Waals surface area contributed by atoms with Crippen molar-refractivity contribution in [2.24, 2.45) is 0 Å². The Kier molecular flexibility index (Phi) is 3.65. The zero-order valence-corrected chi connectivity index (χ0v) is 13.3. The lowest BCUT2D eigenvalue weighted by Crippen LogP contribution is -2.13. The van der Waals surface area contributed by atoms with Crippen molar-refractivity contribution in [2.75, 3.05) is 5.32 Å². The maximum Gasteiger partial charge on any atom is 0.260 e. The number of carbonyl (C=O) groups excluding carboxylic acids is 1. The fourth-order valence-electron chi connectivity index (χ4n) is 2.29. The summed E-state index contributed by atoms with van der Waals surface area (Å²) in [6.07, 6.45) is 4.48. The van der Waals surface area contributed by atoms with Crippen LogP contribution in [-0.4, -0.2) is 30.6 Å². The van der Waals surface area contributed by atoms with Crippen molar-refractivity contribution < 1.29 is 9.32 Å². The molecule has 0 saturated carbocycles. The first-order chi connectivity index (χ1) is 11.0. The Hall–Kier alpha value is -3.03. The molecule has 8 heteroatoms. The van der Waals surface area contributed by atoms with Gasteiger partial charge in [0.05, 0.1) is 30.0 Å². The number of nitrogens with zero attached hydrogens (tertiary/aromatic N) is 5. The monoisotopic (exact) mass is 312 g/mol. The van der Waals surface area contributed by atoms with Gasteiger partial charge in [0.15, 0.2) is 0 Å². The van der Waals surface area contributed by atoms with Crippen LogP contribution < -0.4 is 5.32 Å². The standard InChI is InChI=1S/C15H16N6O2/c1-8-9(2)21(11(4)19-8)15-16-5-12(6-17-15)20-14(22)13-7-18-23-10(13)3/h5-7H,1-4H3,(H,20,22). The van der Waals surface area contributed by atoms with E-state index in [1.165, 1.54) is 6.20 Å². The van der Waals surface area contributed by atoms with Gasteiger partial charge in [-0.2, -0.15) is 0 Å². The predicted octanol–water partition coefficient (Wildman–Crippen LogP) is 2.14. The zero-order chi connectivity index (χ0) is 16.6. The molecule has 3 aromatic heterocycles. The molecular formula is C15H16N6O2. The summed E-state index contributed by atoms with van der Waals surface area (Å²) in [6, 6.07) is 0. The minimum absolute atomic E-state index is 0.314. The summed E-state index contributed by atoms with van der Waals surface area (Å²) in [6.45, 7) is 7.47. The second kappa shape index (κ2) is 5.64. The molecule has 0 aliphatic carbocycles. The van der Waals surface area contributed by atoms with Crippen LogP contribution >= 0.6 is 0 Å². The molecule has 0 aliphatic heterocycles. The van der Waals surface area contributed by atoms with E-state index in [0.29, 0.717) is 23.0 Å². The van der Waals surface area contributed by atoms with Crippen molar-refractivity contribution in [3.8, 4) is 5.95 Å². The van der Waals surface area contributed by atoms with Crippen LogP contribution in [0.2, 0.25) is 0 Å². The molecule has 8 nitrogen and oxygen atoms in total. The second-order valence-electron chi connectivity index (χ2n) is 5.19. The Balaban J connectivity index is 1.83. The molecule has 3 heterocycles. The highest BCUT2D eigenvalue weighted by atomic mass is 16.5. The third kappa shape index (κ3) is 2.70. The van der Waals surface area contributed by atoms with Gasteiger partial charge in [0.25, 0.3) is 5.91 Å². The number of carbonyl (C=O) groups is 1. The summed E-state index contributed by atoms with van der Waals surface area (Å²) < 4.78 is 6.74. The first kappa shape index (κ1) is 14.9. The van der Waals surface area contributed by atoms with Crippen LogP contribution in [0.5, 0.6) is 0 Å². The van der Waals surface area contributed by atoms with Crippen molar-refractivity contribution in [2.45, 2.75) is 27.7 Å². The van der Waals surface area contributed by atoms with E-state index in [4.69, 9.17) is 4.52 Å². The van der Waals surface area contributed by atoms with Crippen molar-refractivity contribution in [3.63, 3.8) is 0 Å². The van der Waals surface area contributed by atoms with Gasteiger partial charge in [-0.25, -0.2) is 15.0 Å². The first-order valence-corrected chi connectivity index (χ1v) is 7.05. The number of imidazole rings is 1. The molecule has 118 valence electrons. The average Bonchev–Trinajstić information content (AvgIpc) is 3.04. The molecule has 0 bridgehead atoms. The highest BCUT2D eigenvalue weighted by Crippen LogP contribution is 2.15. The Morgan fingerprint density at radius 2 is 1.83 bits per heavy atom. The van der Waals surface area contributed by atoms with Crippen molar-refractivity contribution in [1.82, 2.24) is 24.7 Å². The molecule has 0 fully saturated rings. The minimum Gasteiger partial charge on any atom is -0.361 e. The lowest BCUT2D eigenvalue weighted by atomic mass is 10.2. The highest BCUT2D eigenvalue weighted by molar-refractivity contribution is 6.04. The number of hydrogen-bond acceptors (Lipinski definition) is 6.